The molecule has 1 heterocycles. The van der Waals surface area contributed by atoms with E-state index < -0.39 is 0 Å². The van der Waals surface area contributed by atoms with E-state index in [4.69, 9.17) is 0 Å². The zero-order chi connectivity index (χ0) is 13.2. The second-order valence-electron chi connectivity index (χ2n) is 5.14. The van der Waals surface area contributed by atoms with Crippen LogP contribution in [0.3, 0.4) is 0 Å². The van der Waals surface area contributed by atoms with Gasteiger partial charge in [-0.15, -0.1) is 0 Å². The van der Waals surface area contributed by atoms with Crippen LogP contribution in [-0.4, -0.2) is 9.36 Å². The van der Waals surface area contributed by atoms with Gasteiger partial charge in [0.05, 0.1) is 0 Å². The van der Waals surface area contributed by atoms with Gasteiger partial charge in [-0.2, -0.15) is 9.36 Å². The van der Waals surface area contributed by atoms with E-state index in [-0.39, 0.29) is 5.41 Å². The molecule has 1 aromatic heterocycles. The molecule has 2 aromatic rings. The molecule has 1 N–H and O–H groups in total. The van der Waals surface area contributed by atoms with Crippen LogP contribution in [0.4, 0.5) is 5.13 Å². The smallest absolute Gasteiger partial charge is 0.207 e. The van der Waals surface area contributed by atoms with Crippen LogP contribution in [0.2, 0.25) is 0 Å². The van der Waals surface area contributed by atoms with Crippen molar-refractivity contribution in [3.63, 3.8) is 0 Å². The molecule has 18 heavy (non-hydrogen) atoms. The first-order valence-electron chi connectivity index (χ1n) is 5.82. The molecule has 94 valence electrons. The number of nitrogens with zero attached hydrogens (tertiary/aromatic N) is 2. The summed E-state index contributed by atoms with van der Waals surface area (Å²) in [5.41, 5.74) is 1.99. The molecular formula is C14H17N3S. The number of hydrogen-bond acceptors (Lipinski definition) is 4. The Hall–Kier alpha value is -1.68. The molecule has 0 aliphatic heterocycles. The second-order valence-corrected chi connectivity index (χ2v) is 5.89. The Morgan fingerprint density at radius 2 is 1.89 bits per heavy atom. The Morgan fingerprint density at radius 1 is 1.22 bits per heavy atom. The van der Waals surface area contributed by atoms with Gasteiger partial charge < -0.3 is 5.32 Å². The summed E-state index contributed by atoms with van der Waals surface area (Å²) in [5, 5.41) is 4.01. The quantitative estimate of drug-likeness (QED) is 0.898. The molecule has 1 aromatic carbocycles. The third-order valence-electron chi connectivity index (χ3n) is 2.62. The van der Waals surface area contributed by atoms with Crippen molar-refractivity contribution >= 4 is 16.7 Å². The predicted molar refractivity (Wildman–Crippen MR) is 77.6 cm³/mol. The van der Waals surface area contributed by atoms with E-state index in [9.17, 15) is 0 Å². The van der Waals surface area contributed by atoms with Gasteiger partial charge in [0.1, 0.15) is 0 Å². The number of aromatic nitrogens is 2. The largest absolute Gasteiger partial charge is 0.334 e. The van der Waals surface area contributed by atoms with E-state index in [1.807, 2.05) is 30.3 Å². The summed E-state index contributed by atoms with van der Waals surface area (Å²) < 4.78 is 4.35. The number of anilines is 1. The van der Waals surface area contributed by atoms with Gasteiger partial charge in [0.2, 0.25) is 5.13 Å². The van der Waals surface area contributed by atoms with Gasteiger partial charge in [0.15, 0.2) is 5.82 Å². The van der Waals surface area contributed by atoms with E-state index in [1.54, 1.807) is 0 Å². The van der Waals surface area contributed by atoms with Crippen molar-refractivity contribution in [2.75, 3.05) is 5.32 Å². The highest BCUT2D eigenvalue weighted by Gasteiger charge is 2.16. The normalized spacial score (nSPS) is 11.3. The number of allylic oxidation sites excluding steroid dienone is 1. The molecule has 0 aliphatic rings. The van der Waals surface area contributed by atoms with Crippen molar-refractivity contribution in [1.82, 2.24) is 9.36 Å². The summed E-state index contributed by atoms with van der Waals surface area (Å²) in [4.78, 5) is 4.47. The summed E-state index contributed by atoms with van der Waals surface area (Å²) in [6.45, 7) is 10.4. The monoisotopic (exact) mass is 259 g/mol. The maximum atomic E-state index is 4.47. The zero-order valence-corrected chi connectivity index (χ0v) is 11.7. The fraction of sp³-hybridized carbons (Fsp3) is 0.286. The van der Waals surface area contributed by atoms with Crippen molar-refractivity contribution in [3.05, 3.63) is 42.6 Å². The van der Waals surface area contributed by atoms with E-state index in [2.05, 4.69) is 42.0 Å². The Morgan fingerprint density at radius 3 is 2.50 bits per heavy atom. The topological polar surface area (TPSA) is 37.8 Å². The third kappa shape index (κ3) is 2.96. The van der Waals surface area contributed by atoms with Crippen LogP contribution < -0.4 is 5.32 Å². The molecule has 4 heteroatoms. The summed E-state index contributed by atoms with van der Waals surface area (Å²) in [7, 11) is 0. The first-order chi connectivity index (χ1) is 8.47. The maximum absolute atomic E-state index is 4.47. The molecule has 0 aliphatic carbocycles. The van der Waals surface area contributed by atoms with Crippen molar-refractivity contribution in [3.8, 4) is 11.4 Å². The number of benzene rings is 1. The molecule has 0 amide bonds. The van der Waals surface area contributed by atoms with Gasteiger partial charge >= 0.3 is 0 Å². The second kappa shape index (κ2) is 4.90. The minimum atomic E-state index is 0.0125. The Labute approximate surface area is 112 Å². The fourth-order valence-electron chi connectivity index (χ4n) is 1.30. The van der Waals surface area contributed by atoms with Crippen molar-refractivity contribution in [2.45, 2.75) is 20.8 Å². The van der Waals surface area contributed by atoms with Gasteiger partial charge in [0.25, 0.3) is 0 Å². The number of hydrogen-bond donors (Lipinski definition) is 1. The van der Waals surface area contributed by atoms with E-state index in [0.29, 0.717) is 0 Å². The Balaban J connectivity index is 2.15. The number of rotatable bonds is 3. The van der Waals surface area contributed by atoms with Crippen molar-refractivity contribution < 1.29 is 0 Å². The molecule has 0 saturated heterocycles. The molecule has 0 atom stereocenters. The van der Waals surface area contributed by atoms with E-state index in [1.165, 1.54) is 11.5 Å². The molecule has 0 spiro atoms. The predicted octanol–water partition coefficient (Wildman–Crippen LogP) is 4.18. The van der Waals surface area contributed by atoms with Gasteiger partial charge in [-0.3, -0.25) is 0 Å². The van der Waals surface area contributed by atoms with Crippen LogP contribution in [0.1, 0.15) is 20.8 Å². The fourth-order valence-corrected chi connectivity index (χ4v) is 1.91. The van der Waals surface area contributed by atoms with Crippen LogP contribution >= 0.6 is 11.5 Å². The van der Waals surface area contributed by atoms with Crippen LogP contribution in [0.15, 0.2) is 42.6 Å². The van der Waals surface area contributed by atoms with Gasteiger partial charge in [-0.25, -0.2) is 0 Å². The van der Waals surface area contributed by atoms with Crippen LogP contribution in [0, 0.1) is 5.41 Å². The summed E-state index contributed by atoms with van der Waals surface area (Å²) in [5.74, 6) is 0.754. The summed E-state index contributed by atoms with van der Waals surface area (Å²) >= 11 is 1.36. The van der Waals surface area contributed by atoms with Crippen molar-refractivity contribution in [1.29, 1.82) is 0 Å². The molecule has 0 unspecified atom stereocenters. The van der Waals surface area contributed by atoms with Gasteiger partial charge in [-0.1, -0.05) is 57.7 Å². The molecule has 3 nitrogen and oxygen atoms in total. The average Bonchev–Trinajstić information content (AvgIpc) is 2.77. The van der Waals surface area contributed by atoms with Crippen LogP contribution in [0.25, 0.3) is 11.4 Å². The lowest BCUT2D eigenvalue weighted by molar-refractivity contribution is 0.509. The average molecular weight is 259 g/mol. The Kier molecular flexibility index (Phi) is 3.48. The molecular weight excluding hydrogens is 242 g/mol. The molecule has 2 rings (SSSR count). The van der Waals surface area contributed by atoms with Gasteiger partial charge in [0, 0.05) is 28.2 Å². The lowest BCUT2D eigenvalue weighted by atomic mass is 9.93. The van der Waals surface area contributed by atoms with Gasteiger partial charge in [-0.05, 0) is 0 Å². The third-order valence-corrected chi connectivity index (χ3v) is 3.25. The number of nitrogens with one attached hydrogen (secondary N) is 1. The highest BCUT2D eigenvalue weighted by Crippen LogP contribution is 2.27. The lowest BCUT2D eigenvalue weighted by Crippen LogP contribution is -2.15. The highest BCUT2D eigenvalue weighted by molar-refractivity contribution is 7.09. The first kappa shape index (κ1) is 12.8. The zero-order valence-electron chi connectivity index (χ0n) is 10.9. The van der Waals surface area contributed by atoms with E-state index in [0.717, 1.165) is 22.2 Å². The molecule has 0 radical (unpaired) electrons. The SMILES string of the molecule is C=C(Nc1nc(-c2ccccc2)ns1)C(C)(C)C. The van der Waals surface area contributed by atoms with Crippen LogP contribution in [-0.2, 0) is 0 Å². The molecule has 0 bridgehead atoms. The van der Waals surface area contributed by atoms with Crippen molar-refractivity contribution in [2.24, 2.45) is 5.41 Å². The first-order valence-corrected chi connectivity index (χ1v) is 6.60. The highest BCUT2D eigenvalue weighted by atomic mass is 32.1. The molecule has 0 saturated carbocycles. The standard InChI is InChI=1S/C14H17N3S/c1-10(14(2,3)4)15-13-16-12(17-18-13)11-8-6-5-7-9-11/h5-9H,1H2,2-4H3,(H,15,16,17). The lowest BCUT2D eigenvalue weighted by Gasteiger charge is -2.21. The summed E-state index contributed by atoms with van der Waals surface area (Å²) in [6, 6.07) is 9.96. The van der Waals surface area contributed by atoms with Crippen LogP contribution in [0.5, 0.6) is 0 Å². The van der Waals surface area contributed by atoms with E-state index >= 15 is 0 Å². The molecule has 0 fully saturated rings. The Bertz CT molecular complexity index is 538. The minimum Gasteiger partial charge on any atom is -0.334 e. The summed E-state index contributed by atoms with van der Waals surface area (Å²) in [6.07, 6.45) is 0. The maximum Gasteiger partial charge on any atom is 0.207 e. The minimum absolute atomic E-state index is 0.0125.